The molecule has 1 aliphatic heterocycles. The van der Waals surface area contributed by atoms with Crippen molar-refractivity contribution in [3.63, 3.8) is 0 Å². The Labute approximate surface area is 181 Å². The molecule has 4 atom stereocenters. The van der Waals surface area contributed by atoms with Crippen LogP contribution >= 0.6 is 11.8 Å². The highest BCUT2D eigenvalue weighted by Gasteiger charge is 2.41. The van der Waals surface area contributed by atoms with Gasteiger partial charge in [-0.1, -0.05) is 30.3 Å². The number of ketones is 1. The lowest BCUT2D eigenvalue weighted by Gasteiger charge is -2.27. The summed E-state index contributed by atoms with van der Waals surface area (Å²) in [5.74, 6) is -1.17. The van der Waals surface area contributed by atoms with E-state index >= 15 is 0 Å². The van der Waals surface area contributed by atoms with Gasteiger partial charge in [0.2, 0.25) is 17.7 Å². The van der Waals surface area contributed by atoms with Crippen molar-refractivity contribution in [3.8, 4) is 0 Å². The smallest absolute Gasteiger partial charge is 0.249 e. The molecule has 7 nitrogen and oxygen atoms in total. The summed E-state index contributed by atoms with van der Waals surface area (Å²) in [6, 6.07) is 8.11. The molecule has 0 spiro atoms. The number of nitrogens with two attached hydrogens (primary N) is 1. The van der Waals surface area contributed by atoms with E-state index in [0.29, 0.717) is 32.2 Å². The van der Waals surface area contributed by atoms with Gasteiger partial charge in [-0.25, -0.2) is 0 Å². The van der Waals surface area contributed by atoms with Gasteiger partial charge < -0.3 is 10.6 Å². The molecule has 3 rings (SSSR count). The molecular formula is C22H29N3O4S. The van der Waals surface area contributed by atoms with E-state index in [1.54, 1.807) is 11.8 Å². The molecule has 0 bridgehead atoms. The van der Waals surface area contributed by atoms with Gasteiger partial charge in [-0.05, 0) is 36.8 Å². The van der Waals surface area contributed by atoms with E-state index in [-0.39, 0.29) is 24.0 Å². The minimum Gasteiger partial charge on any atom is -0.329 e. The molecule has 2 aliphatic rings. The van der Waals surface area contributed by atoms with Gasteiger partial charge in [-0.15, -0.1) is 0 Å². The fourth-order valence-electron chi connectivity index (χ4n) is 4.37. The number of amides is 3. The number of benzene rings is 1. The first-order valence-corrected chi connectivity index (χ1v) is 11.8. The normalized spacial score (nSPS) is 24.7. The van der Waals surface area contributed by atoms with Gasteiger partial charge in [0.05, 0.1) is 12.0 Å². The molecule has 1 aromatic rings. The van der Waals surface area contributed by atoms with Gasteiger partial charge in [0.15, 0.2) is 0 Å². The Bertz CT molecular complexity index is 801. The molecule has 1 saturated carbocycles. The second kappa shape index (κ2) is 10.2. The molecule has 162 valence electrons. The van der Waals surface area contributed by atoms with E-state index in [4.69, 9.17) is 5.73 Å². The zero-order valence-electron chi connectivity index (χ0n) is 17.2. The summed E-state index contributed by atoms with van der Waals surface area (Å²) in [6.45, 7) is 0.465. The number of hydrogen-bond donors (Lipinski definition) is 2. The molecule has 3 N–H and O–H groups in total. The number of imide groups is 1. The highest BCUT2D eigenvalue weighted by atomic mass is 32.2. The zero-order valence-corrected chi connectivity index (χ0v) is 18.0. The largest absolute Gasteiger partial charge is 0.329 e. The third kappa shape index (κ3) is 5.10. The second-order valence-corrected chi connectivity index (χ2v) is 8.99. The Morgan fingerprint density at radius 1 is 1.20 bits per heavy atom. The number of likely N-dealkylation sites (tertiary alicyclic amines) is 1. The van der Waals surface area contributed by atoms with Crippen molar-refractivity contribution in [2.75, 3.05) is 18.6 Å². The lowest BCUT2D eigenvalue weighted by atomic mass is 9.88. The second-order valence-electron chi connectivity index (χ2n) is 8.00. The molecule has 30 heavy (non-hydrogen) atoms. The van der Waals surface area contributed by atoms with E-state index in [2.05, 4.69) is 5.32 Å². The Kier molecular flexibility index (Phi) is 7.66. The van der Waals surface area contributed by atoms with Crippen LogP contribution in [0.5, 0.6) is 0 Å². The van der Waals surface area contributed by atoms with Crippen LogP contribution in [0.3, 0.4) is 0 Å². The van der Waals surface area contributed by atoms with E-state index in [9.17, 15) is 19.2 Å². The molecule has 1 heterocycles. The van der Waals surface area contributed by atoms with Crippen molar-refractivity contribution >= 4 is 35.3 Å². The molecule has 3 amide bonds. The average Bonchev–Trinajstić information content (AvgIpc) is 3.39. The molecular weight excluding hydrogens is 402 g/mol. The van der Waals surface area contributed by atoms with Crippen LogP contribution in [0.4, 0.5) is 0 Å². The summed E-state index contributed by atoms with van der Waals surface area (Å²) in [6.07, 6.45) is 4.13. The molecule has 1 aromatic carbocycles. The fourth-order valence-corrected chi connectivity index (χ4v) is 4.86. The van der Waals surface area contributed by atoms with Gasteiger partial charge in [0.1, 0.15) is 11.8 Å². The minimum absolute atomic E-state index is 0.0221. The number of rotatable bonds is 7. The number of carbonyl (C=O) groups excluding carboxylic acids is 4. The quantitative estimate of drug-likeness (QED) is 0.633. The standard InChI is InChI=1S/C22H29N3O4S/c1-30-11-9-18(23)22(29)25-10-5-8-19(25)21(28)24-20(27)17-13-15(26)12-16(17)14-6-3-2-4-7-14/h2-4,6-7,16-19H,5,8-13,23H2,1H3,(H,24,27,28)/t16?,17?,18-,19-/m0/s1. The molecule has 2 fully saturated rings. The summed E-state index contributed by atoms with van der Waals surface area (Å²) in [5, 5.41) is 2.48. The first-order valence-electron chi connectivity index (χ1n) is 10.4. The van der Waals surface area contributed by atoms with Crippen molar-refractivity contribution in [3.05, 3.63) is 35.9 Å². The summed E-state index contributed by atoms with van der Waals surface area (Å²) < 4.78 is 0. The number of thioether (sulfide) groups is 1. The third-order valence-electron chi connectivity index (χ3n) is 5.98. The fraction of sp³-hybridized carbons (Fsp3) is 0.545. The van der Waals surface area contributed by atoms with Crippen molar-refractivity contribution < 1.29 is 19.2 Å². The van der Waals surface area contributed by atoms with Crippen molar-refractivity contribution in [1.82, 2.24) is 10.2 Å². The molecule has 0 radical (unpaired) electrons. The summed E-state index contributed by atoms with van der Waals surface area (Å²) in [4.78, 5) is 51.9. The van der Waals surface area contributed by atoms with Crippen LogP contribution in [0.1, 0.15) is 43.6 Å². The van der Waals surface area contributed by atoms with Gasteiger partial charge >= 0.3 is 0 Å². The van der Waals surface area contributed by atoms with Crippen molar-refractivity contribution in [2.24, 2.45) is 11.7 Å². The maximum atomic E-state index is 12.9. The predicted octanol–water partition coefficient (Wildman–Crippen LogP) is 1.46. The Morgan fingerprint density at radius 2 is 1.93 bits per heavy atom. The maximum Gasteiger partial charge on any atom is 0.249 e. The van der Waals surface area contributed by atoms with Crippen LogP contribution in [0.15, 0.2) is 30.3 Å². The number of carbonyl (C=O) groups is 4. The summed E-state index contributed by atoms with van der Waals surface area (Å²) >= 11 is 1.62. The Hall–Kier alpha value is -2.19. The monoisotopic (exact) mass is 431 g/mol. The molecule has 8 heteroatoms. The minimum atomic E-state index is -0.686. The van der Waals surface area contributed by atoms with E-state index in [1.165, 1.54) is 4.90 Å². The first kappa shape index (κ1) is 22.5. The van der Waals surface area contributed by atoms with Crippen molar-refractivity contribution in [1.29, 1.82) is 0 Å². The number of Topliss-reactive ketones (excluding diaryl/α,β-unsaturated/α-hetero) is 1. The predicted molar refractivity (Wildman–Crippen MR) is 116 cm³/mol. The number of nitrogens with zero attached hydrogens (tertiary/aromatic N) is 1. The van der Waals surface area contributed by atoms with Crippen LogP contribution in [0.25, 0.3) is 0 Å². The van der Waals surface area contributed by atoms with Gasteiger partial charge in [0, 0.05) is 25.3 Å². The lowest BCUT2D eigenvalue weighted by Crippen LogP contribution is -2.53. The molecule has 0 aromatic heterocycles. The van der Waals surface area contributed by atoms with Crippen molar-refractivity contribution in [2.45, 2.75) is 50.1 Å². The SMILES string of the molecule is CSCC[C@H](N)C(=O)N1CCC[C@H]1C(=O)NC(=O)C1CC(=O)CC1c1ccccc1. The number of hydrogen-bond acceptors (Lipinski definition) is 6. The Balaban J connectivity index is 1.65. The highest BCUT2D eigenvalue weighted by Crippen LogP contribution is 2.37. The van der Waals surface area contributed by atoms with Crippen LogP contribution < -0.4 is 11.1 Å². The maximum absolute atomic E-state index is 12.9. The van der Waals surface area contributed by atoms with Gasteiger partial charge in [0.25, 0.3) is 0 Å². The molecule has 1 saturated heterocycles. The first-order chi connectivity index (χ1) is 14.4. The molecule has 1 aliphatic carbocycles. The lowest BCUT2D eigenvalue weighted by molar-refractivity contribution is -0.142. The zero-order chi connectivity index (χ0) is 21.7. The summed E-state index contributed by atoms with van der Waals surface area (Å²) in [7, 11) is 0. The van der Waals surface area contributed by atoms with Crippen LogP contribution in [-0.2, 0) is 19.2 Å². The van der Waals surface area contributed by atoms with Crippen LogP contribution in [0, 0.1) is 5.92 Å². The van der Waals surface area contributed by atoms with Crippen LogP contribution in [-0.4, -0.2) is 59.0 Å². The third-order valence-corrected chi connectivity index (χ3v) is 6.62. The number of nitrogens with one attached hydrogen (secondary N) is 1. The van der Waals surface area contributed by atoms with E-state index in [1.807, 2.05) is 36.6 Å². The van der Waals surface area contributed by atoms with E-state index in [0.717, 1.165) is 11.3 Å². The average molecular weight is 432 g/mol. The highest BCUT2D eigenvalue weighted by molar-refractivity contribution is 7.98. The van der Waals surface area contributed by atoms with Gasteiger partial charge in [-0.3, -0.25) is 24.5 Å². The summed E-state index contributed by atoms with van der Waals surface area (Å²) in [5.41, 5.74) is 6.93. The van der Waals surface area contributed by atoms with Crippen LogP contribution in [0.2, 0.25) is 0 Å². The molecule has 2 unspecified atom stereocenters. The van der Waals surface area contributed by atoms with E-state index < -0.39 is 29.8 Å². The van der Waals surface area contributed by atoms with Gasteiger partial charge in [-0.2, -0.15) is 11.8 Å². The topological polar surface area (TPSA) is 110 Å². The Morgan fingerprint density at radius 3 is 2.63 bits per heavy atom.